The molecule has 5 aliphatic heterocycles. The van der Waals surface area contributed by atoms with Crippen LogP contribution in [0.1, 0.15) is 57.2 Å². The van der Waals surface area contributed by atoms with Crippen molar-refractivity contribution >= 4 is 45.9 Å². The van der Waals surface area contributed by atoms with Crippen molar-refractivity contribution in [1.82, 2.24) is 25.1 Å². The van der Waals surface area contributed by atoms with Gasteiger partial charge in [0.2, 0.25) is 11.8 Å². The van der Waals surface area contributed by atoms with Gasteiger partial charge >= 0.3 is 0 Å². The van der Waals surface area contributed by atoms with Crippen LogP contribution in [0.25, 0.3) is 10.9 Å². The maximum absolute atomic E-state index is 15.2. The first-order chi connectivity index (χ1) is 26.7. The van der Waals surface area contributed by atoms with Crippen LogP contribution < -0.4 is 25.8 Å². The predicted molar refractivity (Wildman–Crippen MR) is 204 cm³/mol. The fourth-order valence-electron chi connectivity index (χ4n) is 8.53. The van der Waals surface area contributed by atoms with Crippen LogP contribution in [0.5, 0.6) is 5.75 Å². The number of nitrogens with one attached hydrogen (secondary N) is 3. The number of amides is 2. The number of piperidine rings is 3. The molecule has 0 radical (unpaired) electrons. The zero-order chi connectivity index (χ0) is 38.1. The normalized spacial score (nSPS) is 22.9. The summed E-state index contributed by atoms with van der Waals surface area (Å²) < 4.78 is 56.8. The molecule has 1 unspecified atom stereocenters. The monoisotopic (exact) mass is 783 g/mol. The van der Waals surface area contributed by atoms with Crippen LogP contribution in [0.2, 0.25) is 0 Å². The summed E-state index contributed by atoms with van der Waals surface area (Å²) in [5.41, 5.74) is -0.0231. The van der Waals surface area contributed by atoms with Crippen molar-refractivity contribution in [2.24, 2.45) is 5.92 Å². The lowest BCUT2D eigenvalue weighted by Gasteiger charge is -2.52. The summed E-state index contributed by atoms with van der Waals surface area (Å²) in [5.74, 6) is -0.886. The van der Waals surface area contributed by atoms with E-state index in [-0.39, 0.29) is 35.5 Å². The number of imide groups is 1. The molecule has 6 heterocycles. The van der Waals surface area contributed by atoms with Crippen molar-refractivity contribution in [3.8, 4) is 5.75 Å². The van der Waals surface area contributed by atoms with Crippen molar-refractivity contribution in [3.05, 3.63) is 57.9 Å². The molecular formula is C39H48F3N7O5S. The van der Waals surface area contributed by atoms with Gasteiger partial charge in [-0.3, -0.25) is 29.5 Å². The Morgan fingerprint density at radius 3 is 2.36 bits per heavy atom. The summed E-state index contributed by atoms with van der Waals surface area (Å²) in [6.07, 6.45) is 6.00. The van der Waals surface area contributed by atoms with E-state index >= 15 is 13.2 Å². The molecule has 5 fully saturated rings. The lowest BCUT2D eigenvalue weighted by molar-refractivity contribution is -0.133. The lowest BCUT2D eigenvalue weighted by Crippen LogP contribution is -2.64. The van der Waals surface area contributed by atoms with Gasteiger partial charge in [-0.05, 0) is 64.0 Å². The first-order valence-corrected chi connectivity index (χ1v) is 20.6. The number of anilines is 2. The summed E-state index contributed by atoms with van der Waals surface area (Å²) >= 11 is 1.74. The van der Waals surface area contributed by atoms with Gasteiger partial charge in [0.05, 0.1) is 29.3 Å². The van der Waals surface area contributed by atoms with Crippen molar-refractivity contribution in [1.29, 1.82) is 0 Å². The molecule has 0 aliphatic carbocycles. The summed E-state index contributed by atoms with van der Waals surface area (Å²) in [5, 5.41) is 5.39. The Balaban J connectivity index is 0.764. The average molecular weight is 784 g/mol. The Bertz CT molecular complexity index is 1940. The summed E-state index contributed by atoms with van der Waals surface area (Å²) in [4.78, 5) is 50.5. The molecule has 5 aliphatic rings. The molecule has 1 aromatic heterocycles. The molecule has 1 atom stereocenters. The third-order valence-electron chi connectivity index (χ3n) is 11.9. The molecule has 12 nitrogen and oxygen atoms in total. The molecule has 0 saturated carbocycles. The number of carbonyl (C=O) groups excluding carboxylic acids is 2. The van der Waals surface area contributed by atoms with Gasteiger partial charge < -0.3 is 24.7 Å². The van der Waals surface area contributed by atoms with Gasteiger partial charge in [0.1, 0.15) is 40.5 Å². The minimum absolute atomic E-state index is 0.0438. The molecule has 3 aromatic rings. The van der Waals surface area contributed by atoms with Gasteiger partial charge in [-0.25, -0.2) is 18.2 Å². The van der Waals surface area contributed by atoms with Crippen molar-refractivity contribution in [3.63, 3.8) is 0 Å². The number of carbonyl (C=O) groups is 2. The van der Waals surface area contributed by atoms with Crippen LogP contribution in [-0.2, 0) is 20.1 Å². The van der Waals surface area contributed by atoms with Gasteiger partial charge in [0.25, 0.3) is 5.56 Å². The third kappa shape index (κ3) is 8.76. The number of ether oxygens (including phenoxy) is 2. The second-order valence-electron chi connectivity index (χ2n) is 15.5. The second kappa shape index (κ2) is 16.7. The van der Waals surface area contributed by atoms with E-state index in [9.17, 15) is 14.4 Å². The highest BCUT2D eigenvalue weighted by Gasteiger charge is 2.39. The van der Waals surface area contributed by atoms with Crippen molar-refractivity contribution < 1.29 is 32.2 Å². The van der Waals surface area contributed by atoms with E-state index in [0.29, 0.717) is 65.8 Å². The molecule has 2 aromatic carbocycles. The van der Waals surface area contributed by atoms with E-state index in [0.717, 1.165) is 84.0 Å². The van der Waals surface area contributed by atoms with E-state index in [1.54, 1.807) is 17.8 Å². The number of aromatic amines is 1. The first kappa shape index (κ1) is 38.0. The van der Waals surface area contributed by atoms with Crippen LogP contribution in [0.3, 0.4) is 0 Å². The van der Waals surface area contributed by atoms with Gasteiger partial charge in [-0.1, -0.05) is 0 Å². The zero-order valence-electron chi connectivity index (χ0n) is 30.8. The van der Waals surface area contributed by atoms with Crippen LogP contribution >= 0.6 is 11.8 Å². The molecule has 5 saturated heterocycles. The standard InChI is InChI=1S/C39H48F3N7O5S/c40-28-18-34(29(41)17-32(28)43-31-1-2-36(50)46-38(31)51)48-11-5-24(6-12-48)49-19-25(20-49)47-9-3-23(4-10-47)21-54-26-15-30(42)37-33(16-26)44-35(45-39(37)52)22-55-27-7-13-53-14-8-27/h15-18,23-25,27,31,43H,1-14,19-22H2,(H,44,45,52)(H,46,50,51). The summed E-state index contributed by atoms with van der Waals surface area (Å²) in [7, 11) is 0. The van der Waals surface area contributed by atoms with E-state index in [4.69, 9.17) is 9.47 Å². The number of rotatable bonds is 11. The SMILES string of the molecule is O=C1CCC(Nc2cc(F)c(N3CCC(N4CC(N5CCC(COc6cc(F)c7c(=O)[nH]c(CSC8CCOCC8)nc7c6)CC5)C4)CC3)cc2F)C(=O)N1. The fourth-order valence-corrected chi connectivity index (χ4v) is 9.59. The smallest absolute Gasteiger partial charge is 0.261 e. The Morgan fingerprint density at radius 1 is 0.855 bits per heavy atom. The number of benzene rings is 2. The fraction of sp³-hybridized carbons (Fsp3) is 0.590. The highest BCUT2D eigenvalue weighted by atomic mass is 32.2. The number of fused-ring (bicyclic) bond motifs is 1. The predicted octanol–water partition coefficient (Wildman–Crippen LogP) is 4.41. The minimum Gasteiger partial charge on any atom is -0.493 e. The Hall–Kier alpha value is -3.86. The Kier molecular flexibility index (Phi) is 11.6. The highest BCUT2D eigenvalue weighted by Crippen LogP contribution is 2.33. The number of thioether (sulfide) groups is 1. The van der Waals surface area contributed by atoms with E-state index in [1.165, 1.54) is 12.1 Å². The number of hydrogen-bond donors (Lipinski definition) is 3. The average Bonchev–Trinajstić information content (AvgIpc) is 3.16. The van der Waals surface area contributed by atoms with Crippen molar-refractivity contribution in [2.75, 3.05) is 69.3 Å². The van der Waals surface area contributed by atoms with Crippen LogP contribution in [0.4, 0.5) is 24.5 Å². The van der Waals surface area contributed by atoms with Gasteiger partial charge in [-0.15, -0.1) is 0 Å². The maximum atomic E-state index is 15.2. The lowest BCUT2D eigenvalue weighted by atomic mass is 9.92. The molecule has 8 rings (SSSR count). The molecule has 0 bridgehead atoms. The number of likely N-dealkylation sites (tertiary alicyclic amines) is 2. The number of nitrogens with zero attached hydrogens (tertiary/aromatic N) is 4. The molecular weight excluding hydrogens is 736 g/mol. The van der Waals surface area contributed by atoms with Gasteiger partial charge in [-0.2, -0.15) is 11.8 Å². The van der Waals surface area contributed by atoms with E-state index in [2.05, 4.69) is 30.4 Å². The third-order valence-corrected chi connectivity index (χ3v) is 13.3. The maximum Gasteiger partial charge on any atom is 0.261 e. The zero-order valence-corrected chi connectivity index (χ0v) is 31.6. The largest absolute Gasteiger partial charge is 0.493 e. The molecule has 55 heavy (non-hydrogen) atoms. The van der Waals surface area contributed by atoms with E-state index in [1.807, 2.05) is 4.90 Å². The summed E-state index contributed by atoms with van der Waals surface area (Å²) in [6, 6.07) is 5.36. The second-order valence-corrected chi connectivity index (χ2v) is 16.8. The Morgan fingerprint density at radius 2 is 1.62 bits per heavy atom. The van der Waals surface area contributed by atoms with Crippen LogP contribution in [0.15, 0.2) is 29.1 Å². The number of aromatic nitrogens is 2. The summed E-state index contributed by atoms with van der Waals surface area (Å²) in [6.45, 7) is 7.15. The van der Waals surface area contributed by atoms with Crippen LogP contribution in [0, 0.1) is 23.4 Å². The topological polar surface area (TPSA) is 132 Å². The number of halogens is 3. The number of H-pyrrole nitrogens is 1. The molecule has 3 N–H and O–H groups in total. The quantitative estimate of drug-likeness (QED) is 0.239. The molecule has 2 amide bonds. The highest BCUT2D eigenvalue weighted by molar-refractivity contribution is 7.99. The first-order valence-electron chi connectivity index (χ1n) is 19.5. The molecule has 0 spiro atoms. The van der Waals surface area contributed by atoms with Gasteiger partial charge in [0.15, 0.2) is 0 Å². The minimum atomic E-state index is -0.791. The molecule has 296 valence electrons. The number of hydrogen-bond acceptors (Lipinski definition) is 11. The van der Waals surface area contributed by atoms with Crippen molar-refractivity contribution in [2.45, 2.75) is 80.5 Å². The van der Waals surface area contributed by atoms with E-state index < -0.39 is 35.0 Å². The van der Waals surface area contributed by atoms with Crippen LogP contribution in [-0.4, -0.2) is 114 Å². The Labute approximate surface area is 321 Å². The molecule has 16 heteroatoms. The van der Waals surface area contributed by atoms with Gasteiger partial charge in [0, 0.05) is 87.4 Å².